The Morgan fingerprint density at radius 2 is 1.51 bits per heavy atom. The smallest absolute Gasteiger partial charge is 0.416 e. The van der Waals surface area contributed by atoms with Crippen LogP contribution in [0, 0.1) is 17.8 Å². The standard InChI is InChI=1S/C31H23BrCl2F6N2O7/c1-48-15-8-19(43)22(20(9-15)49-2)23-16-3-4-17-21(18(16)10-28(33)26(46)41(11-32)27(47)29(23,28)34)25(45)42(24(17)44)14-6-12(30(35,36)37)5-13(7-14)31(38,39)40/h3,5-9,17-18,21,23,43H,4,10-11H2,1-2H3/t17-,18+,21-,23+,28+,29-/m0/s1. The molecular weight excluding hydrogens is 777 g/mol. The van der Waals surface area contributed by atoms with Crippen LogP contribution in [0.15, 0.2) is 42.0 Å². The van der Waals surface area contributed by atoms with Gasteiger partial charge in [0, 0.05) is 23.6 Å². The van der Waals surface area contributed by atoms with E-state index in [1.807, 2.05) is 0 Å². The zero-order chi connectivity index (χ0) is 36.2. The molecule has 2 aromatic carbocycles. The molecule has 2 aliphatic carbocycles. The minimum atomic E-state index is -5.26. The van der Waals surface area contributed by atoms with E-state index in [0.717, 1.165) is 4.90 Å². The minimum absolute atomic E-state index is 0.0544. The van der Waals surface area contributed by atoms with Crippen LogP contribution in [-0.4, -0.2) is 63.1 Å². The minimum Gasteiger partial charge on any atom is -0.507 e. The topological polar surface area (TPSA) is 113 Å². The molecule has 2 aliphatic heterocycles. The van der Waals surface area contributed by atoms with Crippen LogP contribution in [0.3, 0.4) is 0 Å². The number of aromatic hydroxyl groups is 1. The number of halogens is 9. The van der Waals surface area contributed by atoms with Gasteiger partial charge in [0.15, 0.2) is 9.75 Å². The Hall–Kier alpha value is -3.50. The van der Waals surface area contributed by atoms with Gasteiger partial charge < -0.3 is 14.6 Å². The lowest BCUT2D eigenvalue weighted by molar-refractivity contribution is -0.143. The zero-order valence-corrected chi connectivity index (χ0v) is 28.2. The number of phenols is 1. The average molecular weight is 800 g/mol. The molecule has 4 amide bonds. The summed E-state index contributed by atoms with van der Waals surface area (Å²) in [5, 5.41) is 11.3. The van der Waals surface area contributed by atoms with Crippen molar-refractivity contribution in [2.75, 3.05) is 24.6 Å². The second-order valence-electron chi connectivity index (χ2n) is 12.0. The zero-order valence-electron chi connectivity index (χ0n) is 25.1. The van der Waals surface area contributed by atoms with E-state index in [9.17, 15) is 50.6 Å². The van der Waals surface area contributed by atoms with Crippen LogP contribution in [0.4, 0.5) is 32.0 Å². The second kappa shape index (κ2) is 11.5. The Labute approximate surface area is 291 Å². The van der Waals surface area contributed by atoms with E-state index >= 15 is 0 Å². The van der Waals surface area contributed by atoms with Crippen molar-refractivity contribution < 1.29 is 60.1 Å². The van der Waals surface area contributed by atoms with Crippen LogP contribution < -0.4 is 14.4 Å². The molecule has 6 rings (SSSR count). The molecule has 0 aromatic heterocycles. The molecular formula is C31H23BrCl2F6N2O7. The Bertz CT molecular complexity index is 1820. The number of rotatable bonds is 5. The van der Waals surface area contributed by atoms with Gasteiger partial charge in [-0.1, -0.05) is 27.6 Å². The molecule has 49 heavy (non-hydrogen) atoms. The summed E-state index contributed by atoms with van der Waals surface area (Å²) in [6.45, 7) is 0. The summed E-state index contributed by atoms with van der Waals surface area (Å²) in [5.41, 5.74) is -4.68. The monoisotopic (exact) mass is 798 g/mol. The molecule has 0 radical (unpaired) electrons. The van der Waals surface area contributed by atoms with Crippen LogP contribution in [0.5, 0.6) is 17.2 Å². The summed E-state index contributed by atoms with van der Waals surface area (Å²) in [6.07, 6.45) is -9.84. The van der Waals surface area contributed by atoms with Gasteiger partial charge in [0.25, 0.3) is 11.8 Å². The van der Waals surface area contributed by atoms with Crippen molar-refractivity contribution in [2.45, 2.75) is 40.9 Å². The SMILES string of the molecule is COc1cc(O)c([C@H]2C3=CC[C@@H]4C(=O)N(c5cc(C(F)(F)F)cc(C(F)(F)F)c5)C(=O)[C@@H]4[C@@H]3C[C@@]3(Cl)C(=O)N(CBr)C(=O)[C@@]23Cl)c(OC)c1. The van der Waals surface area contributed by atoms with Crippen molar-refractivity contribution in [3.05, 3.63) is 58.7 Å². The largest absolute Gasteiger partial charge is 0.507 e. The number of amides is 4. The third kappa shape index (κ3) is 4.94. The molecule has 3 fully saturated rings. The number of allylic oxidation sites excluding steroid dienone is 2. The number of alkyl halides is 9. The highest BCUT2D eigenvalue weighted by molar-refractivity contribution is 9.09. The van der Waals surface area contributed by atoms with Gasteiger partial charge in [-0.3, -0.25) is 24.1 Å². The van der Waals surface area contributed by atoms with E-state index in [-0.39, 0.29) is 57.6 Å². The van der Waals surface area contributed by atoms with Crippen molar-refractivity contribution in [3.63, 3.8) is 0 Å². The van der Waals surface area contributed by atoms with E-state index in [1.165, 1.54) is 32.4 Å². The maximum absolute atomic E-state index is 14.2. The number of phenolic OH excluding ortho intramolecular Hbond substituents is 1. The lowest BCUT2D eigenvalue weighted by Gasteiger charge is -2.51. The Morgan fingerprint density at radius 3 is 2.04 bits per heavy atom. The third-order valence-corrected chi connectivity index (χ3v) is 11.6. The summed E-state index contributed by atoms with van der Waals surface area (Å²) in [5.74, 6) is -9.99. The molecule has 0 unspecified atom stereocenters. The maximum atomic E-state index is 14.2. The highest BCUT2D eigenvalue weighted by Gasteiger charge is 2.77. The Kier molecular flexibility index (Phi) is 8.31. The van der Waals surface area contributed by atoms with E-state index in [2.05, 4.69) is 15.9 Å². The molecule has 18 heteroatoms. The van der Waals surface area contributed by atoms with Gasteiger partial charge in [0.05, 0.1) is 48.3 Å². The fraction of sp³-hybridized carbons (Fsp3) is 0.419. The van der Waals surface area contributed by atoms with E-state index in [4.69, 9.17) is 32.7 Å². The van der Waals surface area contributed by atoms with Crippen LogP contribution in [0.25, 0.3) is 0 Å². The molecule has 1 N–H and O–H groups in total. The molecule has 2 saturated heterocycles. The number of carbonyl (C=O) groups excluding carboxylic acids is 4. The number of nitrogens with zero attached hydrogens (tertiary/aromatic N) is 2. The predicted octanol–water partition coefficient (Wildman–Crippen LogP) is 6.36. The fourth-order valence-corrected chi connectivity index (χ4v) is 8.97. The summed E-state index contributed by atoms with van der Waals surface area (Å²) >= 11 is 17.4. The van der Waals surface area contributed by atoms with Crippen LogP contribution >= 0.6 is 39.1 Å². The number of hydrogen-bond donors (Lipinski definition) is 1. The number of fused-ring (bicyclic) bond motifs is 4. The van der Waals surface area contributed by atoms with Crippen molar-refractivity contribution in [3.8, 4) is 17.2 Å². The van der Waals surface area contributed by atoms with Crippen molar-refractivity contribution in [1.29, 1.82) is 0 Å². The highest BCUT2D eigenvalue weighted by atomic mass is 79.9. The van der Waals surface area contributed by atoms with Gasteiger partial charge in [0.1, 0.15) is 17.2 Å². The van der Waals surface area contributed by atoms with Gasteiger partial charge in [-0.25, -0.2) is 4.90 Å². The van der Waals surface area contributed by atoms with Crippen molar-refractivity contribution in [1.82, 2.24) is 4.90 Å². The van der Waals surface area contributed by atoms with E-state index in [0.29, 0.717) is 0 Å². The quantitative estimate of drug-likeness (QED) is 0.123. The first-order valence-corrected chi connectivity index (χ1v) is 16.3. The average Bonchev–Trinajstić information content (AvgIpc) is 3.37. The first-order chi connectivity index (χ1) is 22.8. The molecule has 6 atom stereocenters. The number of imide groups is 2. The molecule has 4 aliphatic rings. The summed E-state index contributed by atoms with van der Waals surface area (Å²) < 4.78 is 93.0. The van der Waals surface area contributed by atoms with E-state index in [1.54, 1.807) is 0 Å². The van der Waals surface area contributed by atoms with Gasteiger partial charge in [-0.05, 0) is 37.0 Å². The van der Waals surface area contributed by atoms with Crippen molar-refractivity contribution in [2.24, 2.45) is 17.8 Å². The highest BCUT2D eigenvalue weighted by Crippen LogP contribution is 2.67. The first-order valence-electron chi connectivity index (χ1n) is 14.4. The Balaban J connectivity index is 1.54. The van der Waals surface area contributed by atoms with Gasteiger partial charge in [-0.2, -0.15) is 26.3 Å². The summed E-state index contributed by atoms with van der Waals surface area (Å²) in [6, 6.07) is 2.98. The molecule has 0 spiro atoms. The van der Waals surface area contributed by atoms with Crippen LogP contribution in [-0.2, 0) is 31.5 Å². The van der Waals surface area contributed by atoms with Crippen LogP contribution in [0.1, 0.15) is 35.4 Å². The molecule has 1 saturated carbocycles. The van der Waals surface area contributed by atoms with E-state index < -0.39 is 98.4 Å². The number of hydrogen-bond acceptors (Lipinski definition) is 7. The number of benzene rings is 2. The van der Waals surface area contributed by atoms with Gasteiger partial charge in [0.2, 0.25) is 11.8 Å². The third-order valence-electron chi connectivity index (χ3n) is 9.68. The molecule has 2 aromatic rings. The molecule has 262 valence electrons. The molecule has 0 bridgehead atoms. The number of ether oxygens (including phenoxy) is 2. The second-order valence-corrected chi connectivity index (χ2v) is 13.8. The number of methoxy groups -OCH3 is 2. The summed E-state index contributed by atoms with van der Waals surface area (Å²) in [7, 11) is 2.55. The lowest BCUT2D eigenvalue weighted by atomic mass is 9.56. The van der Waals surface area contributed by atoms with Gasteiger partial charge in [-0.15, -0.1) is 23.2 Å². The number of anilines is 1. The van der Waals surface area contributed by atoms with Gasteiger partial charge >= 0.3 is 12.4 Å². The summed E-state index contributed by atoms with van der Waals surface area (Å²) in [4.78, 5) is 52.1. The number of likely N-dealkylation sites (tertiary alicyclic amines) is 1. The molecule has 9 nitrogen and oxygen atoms in total. The Morgan fingerprint density at radius 1 is 0.898 bits per heavy atom. The molecule has 2 heterocycles. The lowest BCUT2D eigenvalue weighted by Crippen LogP contribution is -2.60. The maximum Gasteiger partial charge on any atom is 0.416 e. The first kappa shape index (κ1) is 35.3. The normalized spacial score (nSPS) is 29.9. The predicted molar refractivity (Wildman–Crippen MR) is 163 cm³/mol. The van der Waals surface area contributed by atoms with Crippen molar-refractivity contribution >= 4 is 68.4 Å². The van der Waals surface area contributed by atoms with Crippen LogP contribution in [0.2, 0.25) is 0 Å². The number of carbonyl (C=O) groups is 4. The fourth-order valence-electron chi connectivity index (χ4n) is 7.56.